The number of ether oxygens (including phenoxy) is 2. The molecule has 12 heteroatoms. The predicted octanol–water partition coefficient (Wildman–Crippen LogP) is 4.67. The molecule has 2 aromatic heterocycles. The van der Waals surface area contributed by atoms with Crippen molar-refractivity contribution in [3.63, 3.8) is 0 Å². The van der Waals surface area contributed by atoms with Crippen molar-refractivity contribution >= 4 is 51.3 Å². The van der Waals surface area contributed by atoms with Gasteiger partial charge < -0.3 is 18.9 Å². The van der Waals surface area contributed by atoms with Gasteiger partial charge in [-0.2, -0.15) is 0 Å². The molecule has 1 aromatic carbocycles. The van der Waals surface area contributed by atoms with E-state index in [1.807, 2.05) is 45.2 Å². The van der Waals surface area contributed by atoms with Gasteiger partial charge in [-0.3, -0.25) is 9.36 Å². The van der Waals surface area contributed by atoms with Crippen LogP contribution in [0.1, 0.15) is 40.5 Å². The van der Waals surface area contributed by atoms with E-state index in [2.05, 4.69) is 27.6 Å². The zero-order chi connectivity index (χ0) is 29.4. The lowest BCUT2D eigenvalue weighted by molar-refractivity contribution is 0.0873. The van der Waals surface area contributed by atoms with Gasteiger partial charge in [-0.05, 0) is 64.8 Å². The van der Waals surface area contributed by atoms with Crippen LogP contribution >= 0.6 is 23.4 Å². The van der Waals surface area contributed by atoms with Crippen molar-refractivity contribution in [1.82, 2.24) is 19.3 Å². The van der Waals surface area contributed by atoms with Crippen molar-refractivity contribution in [1.29, 1.82) is 0 Å². The summed E-state index contributed by atoms with van der Waals surface area (Å²) < 4.78 is 28.8. The monoisotopic (exact) mass is 619 g/mol. The number of rotatable bonds is 8. The Bertz CT molecular complexity index is 1430. The Labute approximate surface area is 253 Å². The second-order valence-corrected chi connectivity index (χ2v) is 15.3. The highest BCUT2D eigenvalue weighted by Crippen LogP contribution is 2.44. The third kappa shape index (κ3) is 6.56. The molecule has 1 N–H and O–H groups in total. The van der Waals surface area contributed by atoms with E-state index in [-0.39, 0.29) is 27.9 Å². The zero-order valence-electron chi connectivity index (χ0n) is 24.2. The first-order valence-electron chi connectivity index (χ1n) is 13.9. The molecule has 3 aromatic rings. The molecule has 222 valence electrons. The normalized spacial score (nSPS) is 23.9. The number of pyridine rings is 1. The molecule has 4 heterocycles. The van der Waals surface area contributed by atoms with Gasteiger partial charge in [0.15, 0.2) is 0 Å². The van der Waals surface area contributed by atoms with Gasteiger partial charge in [-0.25, -0.2) is 9.97 Å². The highest BCUT2D eigenvalue weighted by Gasteiger charge is 2.50. The molecule has 0 saturated carbocycles. The molecule has 4 atom stereocenters. The van der Waals surface area contributed by atoms with Crippen LogP contribution in [0.5, 0.6) is 0 Å². The smallest absolute Gasteiger partial charge is 0.262 e. The molecular formula is C29H38ClN5O4S2. The molecular weight excluding hydrogens is 582 g/mol. The SMILES string of the molecule is COCCn1cnc2ccc(Sc3ccc(N4CCC5(CO[C@@H](C)C5)C(N[S+]([O-])C(C)(C)C)C4)cn3)c(Cl)c2c1=O. The van der Waals surface area contributed by atoms with Crippen LogP contribution in [0.3, 0.4) is 0 Å². The first-order valence-corrected chi connectivity index (χ1v) is 16.2. The largest absolute Gasteiger partial charge is 0.598 e. The lowest BCUT2D eigenvalue weighted by Crippen LogP contribution is -2.61. The number of nitrogens with zero attached hydrogens (tertiary/aromatic N) is 4. The van der Waals surface area contributed by atoms with E-state index in [1.165, 1.54) is 22.7 Å². The van der Waals surface area contributed by atoms with E-state index in [4.69, 9.17) is 26.1 Å². The number of methoxy groups -OCH3 is 1. The zero-order valence-corrected chi connectivity index (χ0v) is 26.6. The van der Waals surface area contributed by atoms with Crippen molar-refractivity contribution in [3.05, 3.63) is 52.2 Å². The molecule has 2 aliphatic rings. The first-order chi connectivity index (χ1) is 19.5. The summed E-state index contributed by atoms with van der Waals surface area (Å²) in [6.45, 7) is 11.2. The molecule has 0 radical (unpaired) electrons. The summed E-state index contributed by atoms with van der Waals surface area (Å²) in [5, 5.41) is 1.54. The number of fused-ring (bicyclic) bond motifs is 1. The molecule has 1 spiro atoms. The highest BCUT2D eigenvalue weighted by atomic mass is 35.5. The number of hydrogen-bond acceptors (Lipinski definition) is 9. The van der Waals surface area contributed by atoms with Crippen LogP contribution in [0, 0.1) is 5.41 Å². The minimum atomic E-state index is -1.18. The van der Waals surface area contributed by atoms with Crippen LogP contribution in [0.15, 0.2) is 51.5 Å². The molecule has 5 rings (SSSR count). The van der Waals surface area contributed by atoms with Gasteiger partial charge in [0.05, 0.1) is 66.0 Å². The Morgan fingerprint density at radius 3 is 2.76 bits per heavy atom. The summed E-state index contributed by atoms with van der Waals surface area (Å²) in [7, 11) is 1.59. The summed E-state index contributed by atoms with van der Waals surface area (Å²) in [4.78, 5) is 25.2. The van der Waals surface area contributed by atoms with Crippen molar-refractivity contribution < 1.29 is 14.0 Å². The lowest BCUT2D eigenvalue weighted by atomic mass is 9.73. The number of halogens is 1. The number of piperidine rings is 1. The average molecular weight is 620 g/mol. The summed E-state index contributed by atoms with van der Waals surface area (Å²) >= 11 is 6.96. The first kappa shape index (κ1) is 30.6. The third-order valence-corrected chi connectivity index (χ3v) is 11.0. The lowest BCUT2D eigenvalue weighted by Gasteiger charge is -2.46. The fourth-order valence-corrected chi connectivity index (χ4v) is 7.59. The third-order valence-electron chi connectivity index (χ3n) is 7.91. The Morgan fingerprint density at radius 2 is 2.10 bits per heavy atom. The maximum Gasteiger partial charge on any atom is 0.262 e. The number of hydrogen-bond donors (Lipinski definition) is 1. The molecule has 0 amide bonds. The fraction of sp³-hybridized carbons (Fsp3) is 0.552. The van der Waals surface area contributed by atoms with Gasteiger partial charge in [-0.15, -0.1) is 4.72 Å². The van der Waals surface area contributed by atoms with Crippen LogP contribution in [0.4, 0.5) is 5.69 Å². The molecule has 9 nitrogen and oxygen atoms in total. The van der Waals surface area contributed by atoms with Crippen LogP contribution in [-0.4, -0.2) is 69.4 Å². The molecule has 3 unspecified atom stereocenters. The molecule has 2 fully saturated rings. The van der Waals surface area contributed by atoms with E-state index in [0.29, 0.717) is 35.7 Å². The summed E-state index contributed by atoms with van der Waals surface area (Å²) in [6, 6.07) is 7.76. The molecule has 0 aliphatic carbocycles. The maximum absolute atomic E-state index is 13.1. The Balaban J connectivity index is 1.33. The number of benzene rings is 1. The average Bonchev–Trinajstić information content (AvgIpc) is 3.31. The predicted molar refractivity (Wildman–Crippen MR) is 165 cm³/mol. The van der Waals surface area contributed by atoms with Crippen molar-refractivity contribution in [2.45, 2.75) is 73.9 Å². The van der Waals surface area contributed by atoms with Gasteiger partial charge in [0.2, 0.25) is 0 Å². The standard InChI is InChI=1S/C29H38ClN5O4S2/c1-19-14-29(17-39-19)10-11-34(16-23(29)33-41(37)28(2,3)4)20-6-9-24(31-15-20)40-22-8-7-21-25(26(22)30)27(36)35(18-32-21)12-13-38-5/h6-9,15,18-19,23,33H,10-14,16-17H2,1-5H3/t19-,23?,29?,41?/m0/s1. The van der Waals surface area contributed by atoms with E-state index in [1.54, 1.807) is 7.11 Å². The van der Waals surface area contributed by atoms with Crippen molar-refractivity contribution in [2.75, 3.05) is 38.3 Å². The van der Waals surface area contributed by atoms with E-state index in [0.717, 1.165) is 41.5 Å². The van der Waals surface area contributed by atoms with Crippen LogP contribution in [0.25, 0.3) is 10.9 Å². The van der Waals surface area contributed by atoms with Gasteiger partial charge >= 0.3 is 0 Å². The van der Waals surface area contributed by atoms with Gasteiger partial charge in [0.1, 0.15) is 9.77 Å². The minimum Gasteiger partial charge on any atom is -0.598 e. The summed E-state index contributed by atoms with van der Waals surface area (Å²) in [5.74, 6) is 0. The fourth-order valence-electron chi connectivity index (χ4n) is 5.50. The minimum absolute atomic E-state index is 0.0239. The molecule has 41 heavy (non-hydrogen) atoms. The summed E-state index contributed by atoms with van der Waals surface area (Å²) in [6.07, 6.45) is 5.53. The van der Waals surface area contributed by atoms with Gasteiger partial charge in [0.25, 0.3) is 5.56 Å². The quantitative estimate of drug-likeness (QED) is 0.360. The Hall–Kier alpha value is -1.86. The molecule has 2 aliphatic heterocycles. The Kier molecular flexibility index (Phi) is 9.25. The highest BCUT2D eigenvalue weighted by molar-refractivity contribution is 7.99. The van der Waals surface area contributed by atoms with Crippen LogP contribution in [-0.2, 0) is 27.4 Å². The summed E-state index contributed by atoms with van der Waals surface area (Å²) in [5.41, 5.74) is 1.36. The topological polar surface area (TPSA) is 105 Å². The van der Waals surface area contributed by atoms with Crippen molar-refractivity contribution in [2.24, 2.45) is 5.41 Å². The Morgan fingerprint density at radius 1 is 1.29 bits per heavy atom. The van der Waals surface area contributed by atoms with Crippen LogP contribution < -0.4 is 15.2 Å². The van der Waals surface area contributed by atoms with Gasteiger partial charge in [-0.1, -0.05) is 23.4 Å². The van der Waals surface area contributed by atoms with Crippen molar-refractivity contribution in [3.8, 4) is 0 Å². The van der Waals surface area contributed by atoms with E-state index < -0.39 is 11.4 Å². The maximum atomic E-state index is 13.1. The number of anilines is 1. The van der Waals surface area contributed by atoms with E-state index >= 15 is 0 Å². The second kappa shape index (κ2) is 12.4. The number of nitrogens with one attached hydrogen (secondary N) is 1. The second-order valence-electron chi connectivity index (χ2n) is 11.9. The molecule has 0 bridgehead atoms. The number of aromatic nitrogens is 3. The van der Waals surface area contributed by atoms with Gasteiger partial charge in [0, 0.05) is 41.9 Å². The molecule has 2 saturated heterocycles. The van der Waals surface area contributed by atoms with Crippen LogP contribution in [0.2, 0.25) is 5.02 Å². The van der Waals surface area contributed by atoms with E-state index in [9.17, 15) is 9.35 Å².